The van der Waals surface area contributed by atoms with Gasteiger partial charge in [-0.3, -0.25) is 0 Å². The van der Waals surface area contributed by atoms with E-state index in [2.05, 4.69) is 34.1 Å². The summed E-state index contributed by atoms with van der Waals surface area (Å²) in [5.41, 5.74) is 7.71. The topological polar surface area (TPSA) is 57.7 Å². The molecule has 26 heavy (non-hydrogen) atoms. The highest BCUT2D eigenvalue weighted by molar-refractivity contribution is 5.95. The summed E-state index contributed by atoms with van der Waals surface area (Å²) < 4.78 is 0. The second kappa shape index (κ2) is 5.52. The molecule has 5 nitrogen and oxygen atoms in total. The van der Waals surface area contributed by atoms with E-state index in [0.29, 0.717) is 0 Å². The zero-order chi connectivity index (χ0) is 17.7. The van der Waals surface area contributed by atoms with Gasteiger partial charge in [0.1, 0.15) is 0 Å². The van der Waals surface area contributed by atoms with Crippen molar-refractivity contribution in [2.75, 3.05) is 19.0 Å². The molecule has 0 amide bonds. The van der Waals surface area contributed by atoms with Gasteiger partial charge in [-0.05, 0) is 48.5 Å². The summed E-state index contributed by atoms with van der Waals surface area (Å²) in [6.07, 6.45) is 0. The molecule has 2 heterocycles. The molecule has 0 aliphatic carbocycles. The van der Waals surface area contributed by atoms with Gasteiger partial charge >= 0.3 is 0 Å². The van der Waals surface area contributed by atoms with Crippen molar-refractivity contribution in [2.24, 2.45) is 0 Å². The average molecular weight is 339 g/mol. The van der Waals surface area contributed by atoms with Gasteiger partial charge < -0.3 is 9.88 Å². The molecule has 0 atom stereocenters. The summed E-state index contributed by atoms with van der Waals surface area (Å²) >= 11 is 0. The van der Waals surface area contributed by atoms with Gasteiger partial charge in [-0.15, -0.1) is 0 Å². The van der Waals surface area contributed by atoms with Crippen LogP contribution in [0.15, 0.2) is 60.7 Å². The quantitative estimate of drug-likeness (QED) is 0.485. The van der Waals surface area contributed by atoms with Crippen molar-refractivity contribution in [3.05, 3.63) is 60.7 Å². The van der Waals surface area contributed by atoms with Crippen molar-refractivity contribution in [3.63, 3.8) is 0 Å². The first-order chi connectivity index (χ1) is 12.7. The highest BCUT2D eigenvalue weighted by Gasteiger charge is 2.10. The van der Waals surface area contributed by atoms with Gasteiger partial charge in [-0.2, -0.15) is 0 Å². The van der Waals surface area contributed by atoms with E-state index < -0.39 is 0 Å². The van der Waals surface area contributed by atoms with E-state index in [1.165, 1.54) is 0 Å². The van der Waals surface area contributed by atoms with Crippen molar-refractivity contribution in [1.82, 2.24) is 19.9 Å². The Bertz CT molecular complexity index is 1180. The summed E-state index contributed by atoms with van der Waals surface area (Å²) in [6.45, 7) is 0. The smallest absolute Gasteiger partial charge is 0.160 e. The summed E-state index contributed by atoms with van der Waals surface area (Å²) in [4.78, 5) is 19.7. The van der Waals surface area contributed by atoms with Crippen LogP contribution in [0.25, 0.3) is 44.5 Å². The van der Waals surface area contributed by atoms with E-state index in [-0.39, 0.29) is 0 Å². The number of nitrogens with zero attached hydrogens (tertiary/aromatic N) is 4. The van der Waals surface area contributed by atoms with E-state index in [1.54, 1.807) is 0 Å². The van der Waals surface area contributed by atoms with Gasteiger partial charge in [0.15, 0.2) is 5.82 Å². The predicted octanol–water partition coefficient (Wildman–Crippen LogP) is 4.39. The van der Waals surface area contributed by atoms with Gasteiger partial charge in [0, 0.05) is 25.3 Å². The lowest BCUT2D eigenvalue weighted by Crippen LogP contribution is -2.07. The van der Waals surface area contributed by atoms with Crippen molar-refractivity contribution >= 4 is 38.8 Å². The van der Waals surface area contributed by atoms with Crippen LogP contribution in [0.2, 0.25) is 0 Å². The third kappa shape index (κ3) is 2.37. The Kier molecular flexibility index (Phi) is 3.15. The lowest BCUT2D eigenvalue weighted by molar-refractivity contribution is 1.13. The maximum absolute atomic E-state index is 4.74. The first-order valence-electron chi connectivity index (χ1n) is 8.51. The molecule has 0 bridgehead atoms. The summed E-state index contributed by atoms with van der Waals surface area (Å²) in [5.74, 6) is 0.741. The Morgan fingerprint density at radius 3 is 2.19 bits per heavy atom. The molecule has 3 aromatic carbocycles. The van der Waals surface area contributed by atoms with Crippen LogP contribution in [-0.2, 0) is 0 Å². The molecule has 1 N–H and O–H groups in total. The second-order valence-corrected chi connectivity index (χ2v) is 6.60. The molecule has 0 aliphatic heterocycles. The predicted molar refractivity (Wildman–Crippen MR) is 106 cm³/mol. The Labute approximate surface area is 150 Å². The molecule has 5 aromatic rings. The molecular formula is C21H17N5. The zero-order valence-electron chi connectivity index (χ0n) is 14.6. The summed E-state index contributed by atoms with van der Waals surface area (Å²) in [6, 6.07) is 20.3. The zero-order valence-corrected chi connectivity index (χ0v) is 14.6. The van der Waals surface area contributed by atoms with E-state index in [0.717, 1.165) is 50.2 Å². The largest absolute Gasteiger partial charge is 0.378 e. The first-order valence-corrected chi connectivity index (χ1v) is 8.51. The maximum Gasteiger partial charge on any atom is 0.160 e. The minimum atomic E-state index is 0.741. The van der Waals surface area contributed by atoms with Crippen LogP contribution in [0.3, 0.4) is 0 Å². The normalized spacial score (nSPS) is 11.5. The number of para-hydroxylation sites is 2. The van der Waals surface area contributed by atoms with Crippen LogP contribution in [0.1, 0.15) is 0 Å². The summed E-state index contributed by atoms with van der Waals surface area (Å²) in [7, 11) is 4.06. The number of hydrogen-bond donors (Lipinski definition) is 1. The molecule has 0 spiro atoms. The molecule has 2 aromatic heterocycles. The number of aromatic nitrogens is 4. The molecule has 0 fully saturated rings. The fourth-order valence-electron chi connectivity index (χ4n) is 3.18. The lowest BCUT2D eigenvalue weighted by atomic mass is 10.2. The number of H-pyrrole nitrogens is 1. The number of nitrogens with one attached hydrogen (secondary N) is 1. The molecule has 0 radical (unpaired) electrons. The Morgan fingerprint density at radius 2 is 1.42 bits per heavy atom. The minimum Gasteiger partial charge on any atom is -0.378 e. The molecule has 0 aliphatic rings. The van der Waals surface area contributed by atoms with Crippen molar-refractivity contribution in [2.45, 2.75) is 0 Å². The van der Waals surface area contributed by atoms with Gasteiger partial charge in [0.05, 0.1) is 33.1 Å². The van der Waals surface area contributed by atoms with Crippen LogP contribution >= 0.6 is 0 Å². The van der Waals surface area contributed by atoms with Gasteiger partial charge in [0.2, 0.25) is 0 Å². The maximum atomic E-state index is 4.74. The third-order valence-corrected chi connectivity index (χ3v) is 4.60. The molecule has 0 saturated carbocycles. The molecule has 0 saturated heterocycles. The first kappa shape index (κ1) is 14.8. The lowest BCUT2D eigenvalue weighted by Gasteiger charge is -2.11. The second-order valence-electron chi connectivity index (χ2n) is 6.60. The molecule has 126 valence electrons. The number of anilines is 1. The average Bonchev–Trinajstić information content (AvgIpc) is 3.07. The number of rotatable bonds is 2. The van der Waals surface area contributed by atoms with E-state index in [9.17, 15) is 0 Å². The molecule has 5 heteroatoms. The van der Waals surface area contributed by atoms with Crippen LogP contribution in [0.5, 0.6) is 0 Å². The Morgan fingerprint density at radius 1 is 0.692 bits per heavy atom. The van der Waals surface area contributed by atoms with E-state index in [1.807, 2.05) is 50.5 Å². The third-order valence-electron chi connectivity index (χ3n) is 4.60. The van der Waals surface area contributed by atoms with Gasteiger partial charge in [-0.1, -0.05) is 12.1 Å². The fourth-order valence-corrected chi connectivity index (χ4v) is 3.18. The van der Waals surface area contributed by atoms with Gasteiger partial charge in [0.25, 0.3) is 0 Å². The SMILES string of the molecule is CN(C)c1ccc(-c2nc3cc4nc5ccccc5[nH]c4cc3n2)cc1. The molecular weight excluding hydrogens is 322 g/mol. The fraction of sp³-hybridized carbons (Fsp3) is 0.0952. The number of imidazole rings is 1. The van der Waals surface area contributed by atoms with E-state index in [4.69, 9.17) is 15.0 Å². The standard InChI is InChI=1S/C21H17N5/c1-26(2)14-9-7-13(8-10-14)21-24-19-11-17-18(12-20(19)25-21)23-16-6-4-3-5-15(16)22-17/h3-12,22H,1-2H3. The van der Waals surface area contributed by atoms with Crippen LogP contribution in [0, 0.1) is 0 Å². The Hall–Kier alpha value is -3.47. The van der Waals surface area contributed by atoms with Crippen molar-refractivity contribution in [3.8, 4) is 11.4 Å². The number of aromatic amines is 1. The molecule has 0 unspecified atom stereocenters. The monoisotopic (exact) mass is 339 g/mol. The number of hydrogen-bond acceptors (Lipinski definition) is 4. The highest BCUT2D eigenvalue weighted by atomic mass is 15.1. The highest BCUT2D eigenvalue weighted by Crippen LogP contribution is 2.26. The van der Waals surface area contributed by atoms with Crippen LogP contribution in [-0.4, -0.2) is 34.0 Å². The Balaban J connectivity index is 1.66. The van der Waals surface area contributed by atoms with Crippen LogP contribution < -0.4 is 4.90 Å². The van der Waals surface area contributed by atoms with E-state index >= 15 is 0 Å². The number of fused-ring (bicyclic) bond motifs is 3. The van der Waals surface area contributed by atoms with Gasteiger partial charge in [-0.25, -0.2) is 15.0 Å². The molecule has 5 rings (SSSR count). The minimum absolute atomic E-state index is 0.741. The van der Waals surface area contributed by atoms with Crippen molar-refractivity contribution in [1.29, 1.82) is 0 Å². The van der Waals surface area contributed by atoms with Crippen molar-refractivity contribution < 1.29 is 0 Å². The van der Waals surface area contributed by atoms with Crippen LogP contribution in [0.4, 0.5) is 5.69 Å². The summed E-state index contributed by atoms with van der Waals surface area (Å²) in [5, 5.41) is 0. The number of benzene rings is 3.